The third kappa shape index (κ3) is 8.22. The molecule has 1 aliphatic heterocycles. The Balaban J connectivity index is 1.84. The summed E-state index contributed by atoms with van der Waals surface area (Å²) in [6.07, 6.45) is -0.172. The topological polar surface area (TPSA) is 72.9 Å². The molecule has 1 amide bonds. The van der Waals surface area contributed by atoms with Gasteiger partial charge in [0, 0.05) is 24.8 Å². The van der Waals surface area contributed by atoms with Gasteiger partial charge >= 0.3 is 5.97 Å². The van der Waals surface area contributed by atoms with E-state index in [-0.39, 0.29) is 22.2 Å². The summed E-state index contributed by atoms with van der Waals surface area (Å²) in [5.41, 5.74) is 2.02. The number of rotatable bonds is 10. The number of carbonyl (C=O) groups is 3. The maximum Gasteiger partial charge on any atom is 0.302 e. The predicted molar refractivity (Wildman–Crippen MR) is 138 cm³/mol. The first kappa shape index (κ1) is 27.0. The van der Waals surface area contributed by atoms with Crippen LogP contribution in [0, 0.1) is 5.92 Å². The lowest BCUT2D eigenvalue weighted by atomic mass is 9.93. The van der Waals surface area contributed by atoms with Crippen LogP contribution in [0.25, 0.3) is 0 Å². The number of hydrogen-bond acceptors (Lipinski definition) is 6. The fraction of sp³-hybridized carbons (Fsp3) is 0.464. The van der Waals surface area contributed by atoms with Crippen LogP contribution in [-0.2, 0) is 37.0 Å². The Morgan fingerprint density at radius 3 is 2.20 bits per heavy atom. The van der Waals surface area contributed by atoms with Crippen molar-refractivity contribution in [2.75, 3.05) is 6.61 Å². The molecule has 188 valence electrons. The summed E-state index contributed by atoms with van der Waals surface area (Å²) < 4.78 is 11.2. The summed E-state index contributed by atoms with van der Waals surface area (Å²) in [6, 6.07) is 19.0. The Kier molecular flexibility index (Phi) is 9.52. The zero-order valence-corrected chi connectivity index (χ0v) is 21.8. The fourth-order valence-corrected chi connectivity index (χ4v) is 5.34. The van der Waals surface area contributed by atoms with Crippen molar-refractivity contribution in [2.24, 2.45) is 5.92 Å². The third-order valence-corrected chi connectivity index (χ3v) is 6.87. The van der Waals surface area contributed by atoms with Crippen molar-refractivity contribution in [2.45, 2.75) is 70.6 Å². The summed E-state index contributed by atoms with van der Waals surface area (Å²) in [5.74, 6) is -1.10. The molecule has 35 heavy (non-hydrogen) atoms. The second-order valence-electron chi connectivity index (χ2n) is 9.82. The highest BCUT2D eigenvalue weighted by Crippen LogP contribution is 2.37. The van der Waals surface area contributed by atoms with E-state index in [9.17, 15) is 14.4 Å². The van der Waals surface area contributed by atoms with Gasteiger partial charge in [0.05, 0.1) is 25.0 Å². The van der Waals surface area contributed by atoms with Gasteiger partial charge in [-0.05, 0) is 17.5 Å². The molecule has 0 aromatic heterocycles. The number of hydrogen-bond donors (Lipinski definition) is 0. The lowest BCUT2D eigenvalue weighted by Crippen LogP contribution is -2.46. The van der Waals surface area contributed by atoms with Crippen molar-refractivity contribution in [3.05, 3.63) is 71.8 Å². The molecule has 3 rings (SSSR count). The smallest absolute Gasteiger partial charge is 0.302 e. The molecule has 3 atom stereocenters. The lowest BCUT2D eigenvalue weighted by Gasteiger charge is -2.34. The average Bonchev–Trinajstić information content (AvgIpc) is 3.07. The minimum Gasteiger partial charge on any atom is -0.460 e. The molecular formula is C28H35NO5S. The zero-order valence-electron chi connectivity index (χ0n) is 20.9. The Bertz CT molecular complexity index is 989. The van der Waals surface area contributed by atoms with Crippen LogP contribution < -0.4 is 0 Å². The van der Waals surface area contributed by atoms with Gasteiger partial charge in [0.15, 0.2) is 5.12 Å². The van der Waals surface area contributed by atoms with Crippen molar-refractivity contribution in [3.8, 4) is 0 Å². The van der Waals surface area contributed by atoms with E-state index >= 15 is 0 Å². The number of thioether (sulfide) groups is 1. The van der Waals surface area contributed by atoms with Crippen molar-refractivity contribution in [1.29, 1.82) is 0 Å². The SMILES string of the molecule is CC(=O)O[C@H]1CC(=O)N(Cc2ccccc2)[C@@H]1[C@H](CCOCc1ccccc1)C(=O)SC(C)(C)C. The second kappa shape index (κ2) is 12.4. The highest BCUT2D eigenvalue weighted by atomic mass is 32.2. The first-order chi connectivity index (χ1) is 16.6. The Morgan fingerprint density at radius 2 is 1.63 bits per heavy atom. The Hall–Kier alpha value is -2.64. The summed E-state index contributed by atoms with van der Waals surface area (Å²) >= 11 is 1.26. The summed E-state index contributed by atoms with van der Waals surface area (Å²) in [7, 11) is 0. The number of ether oxygens (including phenoxy) is 2. The fourth-order valence-electron chi connectivity index (χ4n) is 4.33. The quantitative estimate of drug-likeness (QED) is 0.340. The van der Waals surface area contributed by atoms with Gasteiger partial charge in [0.2, 0.25) is 5.91 Å². The molecular weight excluding hydrogens is 462 g/mol. The predicted octanol–water partition coefficient (Wildman–Crippen LogP) is 5.00. The molecule has 0 saturated carbocycles. The van der Waals surface area contributed by atoms with Crippen LogP contribution in [0.4, 0.5) is 0 Å². The Morgan fingerprint density at radius 1 is 1.03 bits per heavy atom. The molecule has 2 aromatic rings. The van der Waals surface area contributed by atoms with Gasteiger partial charge in [-0.2, -0.15) is 0 Å². The molecule has 0 unspecified atom stereocenters. The molecule has 0 aliphatic carbocycles. The summed E-state index contributed by atoms with van der Waals surface area (Å²) in [4.78, 5) is 40.3. The van der Waals surface area contributed by atoms with Crippen molar-refractivity contribution < 1.29 is 23.9 Å². The van der Waals surface area contributed by atoms with Crippen LogP contribution in [0.3, 0.4) is 0 Å². The van der Waals surface area contributed by atoms with Gasteiger partial charge in [-0.3, -0.25) is 14.4 Å². The van der Waals surface area contributed by atoms with E-state index in [2.05, 4.69) is 0 Å². The van der Waals surface area contributed by atoms with Crippen LogP contribution >= 0.6 is 11.8 Å². The molecule has 0 bridgehead atoms. The zero-order chi connectivity index (χ0) is 25.4. The molecule has 6 nitrogen and oxygen atoms in total. The number of nitrogens with zero attached hydrogens (tertiary/aromatic N) is 1. The van der Waals surface area contributed by atoms with Gasteiger partial charge < -0.3 is 14.4 Å². The standard InChI is InChI=1S/C28H35NO5S/c1-20(30)34-24-17-25(31)29(18-21-11-7-5-8-12-21)26(24)23(27(32)35-28(2,3)4)15-16-33-19-22-13-9-6-10-14-22/h5-14,23-24,26H,15-19H2,1-4H3/t23-,24-,26+/m0/s1. The Labute approximate surface area is 212 Å². The van der Waals surface area contributed by atoms with Crippen LogP contribution in [0.5, 0.6) is 0 Å². The molecule has 0 radical (unpaired) electrons. The monoisotopic (exact) mass is 497 g/mol. The molecule has 1 fully saturated rings. The minimum absolute atomic E-state index is 0.0178. The third-order valence-electron chi connectivity index (χ3n) is 5.76. The first-order valence-electron chi connectivity index (χ1n) is 12.0. The summed E-state index contributed by atoms with van der Waals surface area (Å²) in [5, 5.41) is -0.0178. The van der Waals surface area contributed by atoms with Crippen molar-refractivity contribution >= 4 is 28.8 Å². The summed E-state index contributed by atoms with van der Waals surface area (Å²) in [6.45, 7) is 8.46. The molecule has 0 spiro atoms. The van der Waals surface area contributed by atoms with Crippen LogP contribution in [-0.4, -0.2) is 45.4 Å². The van der Waals surface area contributed by atoms with E-state index in [0.717, 1.165) is 11.1 Å². The second-order valence-corrected chi connectivity index (χ2v) is 11.6. The van der Waals surface area contributed by atoms with Gasteiger partial charge in [0.1, 0.15) is 6.10 Å². The number of esters is 1. The highest BCUT2D eigenvalue weighted by molar-refractivity contribution is 8.14. The van der Waals surface area contributed by atoms with Gasteiger partial charge in [-0.25, -0.2) is 0 Å². The largest absolute Gasteiger partial charge is 0.460 e. The minimum atomic E-state index is -0.674. The van der Waals surface area contributed by atoms with E-state index < -0.39 is 24.0 Å². The van der Waals surface area contributed by atoms with Crippen LogP contribution in [0.15, 0.2) is 60.7 Å². The average molecular weight is 498 g/mol. The van der Waals surface area contributed by atoms with Gasteiger partial charge in [0.25, 0.3) is 0 Å². The van der Waals surface area contributed by atoms with E-state index in [1.54, 1.807) is 4.90 Å². The number of amides is 1. The molecule has 1 saturated heterocycles. The highest BCUT2D eigenvalue weighted by Gasteiger charge is 2.48. The van der Waals surface area contributed by atoms with Crippen LogP contribution in [0.1, 0.15) is 51.7 Å². The normalized spacial score (nSPS) is 19.0. The van der Waals surface area contributed by atoms with E-state index in [1.807, 2.05) is 81.4 Å². The maximum atomic E-state index is 13.6. The van der Waals surface area contributed by atoms with Crippen molar-refractivity contribution in [1.82, 2.24) is 4.90 Å². The first-order valence-corrected chi connectivity index (χ1v) is 12.8. The molecule has 1 heterocycles. The van der Waals surface area contributed by atoms with E-state index in [0.29, 0.717) is 26.2 Å². The number of likely N-dealkylation sites (tertiary alicyclic amines) is 1. The molecule has 0 N–H and O–H groups in total. The number of carbonyl (C=O) groups excluding carboxylic acids is 3. The molecule has 7 heteroatoms. The van der Waals surface area contributed by atoms with Gasteiger partial charge in [-0.15, -0.1) is 0 Å². The molecule has 2 aromatic carbocycles. The lowest BCUT2D eigenvalue weighted by molar-refractivity contribution is -0.149. The van der Waals surface area contributed by atoms with Crippen molar-refractivity contribution in [3.63, 3.8) is 0 Å². The number of benzene rings is 2. The van der Waals surface area contributed by atoms with E-state index in [4.69, 9.17) is 9.47 Å². The molecule has 1 aliphatic rings. The maximum absolute atomic E-state index is 13.6. The van der Waals surface area contributed by atoms with Gasteiger partial charge in [-0.1, -0.05) is 93.2 Å². The van der Waals surface area contributed by atoms with E-state index in [1.165, 1.54) is 18.7 Å². The van der Waals surface area contributed by atoms with Crippen LogP contribution in [0.2, 0.25) is 0 Å².